The number of piperazine rings is 3. The summed E-state index contributed by atoms with van der Waals surface area (Å²) in [4.78, 5) is 52.0. The molecule has 0 amide bonds. The van der Waals surface area contributed by atoms with Gasteiger partial charge in [-0.15, -0.1) is 4.71 Å². The number of nitrogens with one attached hydrogen (secondary N) is 1. The van der Waals surface area contributed by atoms with E-state index in [9.17, 15) is 45.6 Å². The predicted octanol–water partition coefficient (Wildman–Crippen LogP) is 14.7. The average Bonchev–Trinajstić information content (AvgIpc) is 0.775. The van der Waals surface area contributed by atoms with Gasteiger partial charge in [0.25, 0.3) is 0 Å². The second kappa shape index (κ2) is 67.0. The Labute approximate surface area is 786 Å². The fourth-order valence-corrected chi connectivity index (χ4v) is 10.9. The van der Waals surface area contributed by atoms with E-state index in [0.717, 1.165) is 63.8 Å². The van der Waals surface area contributed by atoms with Crippen LogP contribution >= 0.6 is 89.8 Å². The molecule has 3 aliphatic heterocycles. The second-order valence-corrected chi connectivity index (χ2v) is 48.6. The topological polar surface area (TPSA) is 352 Å². The summed E-state index contributed by atoms with van der Waals surface area (Å²) in [6.07, 6.45) is 4.13. The number of carbonyl (C=O) groups excluding carboxylic acids is 4. The number of anilines is 1. The van der Waals surface area contributed by atoms with Crippen LogP contribution in [0.15, 0.2) is 90.2 Å². The largest absolute Gasteiger partial charge is 1.00 e. The van der Waals surface area contributed by atoms with Gasteiger partial charge in [0.05, 0.1) is 106 Å². The van der Waals surface area contributed by atoms with Gasteiger partial charge in [-0.25, -0.2) is 46.8 Å². The number of aldehydes is 1. The van der Waals surface area contributed by atoms with E-state index in [1.807, 2.05) is 72.7 Å². The molecule has 2 bridgehead atoms. The number of fused-ring (bicyclic) bond motifs is 3. The Bertz CT molecular complexity index is 4450. The molecule has 0 unspecified atom stereocenters. The number of halogens is 11. The van der Waals surface area contributed by atoms with Crippen LogP contribution in [0.4, 0.5) is 32.3 Å². The van der Waals surface area contributed by atoms with Crippen molar-refractivity contribution in [1.29, 1.82) is 10.5 Å². The molecule has 0 spiro atoms. The van der Waals surface area contributed by atoms with Gasteiger partial charge in [-0.2, -0.15) is 13.7 Å². The third kappa shape index (κ3) is 51.9. The summed E-state index contributed by atoms with van der Waals surface area (Å²) >= 11 is 20.0. The normalized spacial score (nSPS) is 13.1. The van der Waals surface area contributed by atoms with E-state index in [0.29, 0.717) is 87.9 Å². The number of nitriles is 2. The van der Waals surface area contributed by atoms with Gasteiger partial charge in [-0.1, -0.05) is 83.2 Å². The number of esters is 3. The number of aromatic nitrogens is 2. The van der Waals surface area contributed by atoms with Gasteiger partial charge in [0.1, 0.15) is 35.2 Å². The van der Waals surface area contributed by atoms with Gasteiger partial charge < -0.3 is 59.6 Å². The summed E-state index contributed by atoms with van der Waals surface area (Å²) < 4.78 is 156. The van der Waals surface area contributed by atoms with Gasteiger partial charge >= 0.3 is 47.2 Å². The first kappa shape index (κ1) is 125. The van der Waals surface area contributed by atoms with Crippen LogP contribution < -0.4 is 52.6 Å². The minimum absolute atomic E-state index is 0. The van der Waals surface area contributed by atoms with Crippen LogP contribution in [0, 0.1) is 92.9 Å². The van der Waals surface area contributed by atoms with Gasteiger partial charge in [0, 0.05) is 53.1 Å². The summed E-state index contributed by atoms with van der Waals surface area (Å²) in [6, 6.07) is 23.9. The van der Waals surface area contributed by atoms with Crippen LogP contribution in [-0.4, -0.2) is 225 Å². The zero-order valence-corrected chi connectivity index (χ0v) is 83.0. The Kier molecular flexibility index (Phi) is 68.2. The van der Waals surface area contributed by atoms with Crippen LogP contribution in [0.1, 0.15) is 102 Å². The van der Waals surface area contributed by atoms with Crippen molar-refractivity contribution in [2.24, 2.45) is 0 Å². The smallest absolute Gasteiger partial charge is 1.00 e. The first-order chi connectivity index (χ1) is 56.6. The van der Waals surface area contributed by atoms with Crippen LogP contribution in [0.3, 0.4) is 0 Å². The SMILES string of the molecule is BrP(Br)Br.CCO.CCOC(=O)Cc1cc(C)cc(OC)c1F.CNc1nc(SC)ncc1C=O.COC(=O)c1cc(C)cc(OC)c1.COC(=O)c1cc(C)cc(OC)c1F.COc1cc(C)cc(CBr)c1F.COc1cc(C)cc(CC#N)c1F.COc1cc(C)cc(CO)c1F.C[Si](C)(C)C#N.F[N+]12CC[N+](CCl)(CC1)CC2.O=S(=O)(O)O.[AlH3].[H-].[Li+]. The first-order valence-electron chi connectivity index (χ1n) is 35.8. The maximum Gasteiger partial charge on any atom is 1.00 e. The predicted molar refractivity (Wildman–Crippen MR) is 488 cm³/mol. The van der Waals surface area contributed by atoms with Gasteiger partial charge in [0.15, 0.2) is 120 Å². The van der Waals surface area contributed by atoms with Gasteiger partial charge in [-0.3, -0.25) is 23.2 Å². The molecular weight excluding hydrogens is 1990 g/mol. The first-order valence-corrected chi connectivity index (χ1v) is 51.0. The summed E-state index contributed by atoms with van der Waals surface area (Å²) in [5.41, 5.74) is 10.0. The zero-order chi connectivity index (χ0) is 93.7. The number of carbonyl (C=O) groups is 4. The number of aliphatic hydroxyl groups excluding tert-OH is 2. The summed E-state index contributed by atoms with van der Waals surface area (Å²) in [6.45, 7) is 25.5. The van der Waals surface area contributed by atoms with Gasteiger partial charge in [-0.05, 0) is 201 Å². The number of benzene rings is 6. The molecule has 26 nitrogen and oxygen atoms in total. The van der Waals surface area contributed by atoms with Crippen molar-refractivity contribution in [1.82, 2.24) is 9.97 Å². The quantitative estimate of drug-likeness (QED) is 0.00425. The summed E-state index contributed by atoms with van der Waals surface area (Å²) in [5.74, 6) is -1.74. The van der Waals surface area contributed by atoms with E-state index in [1.54, 1.807) is 95.6 Å². The van der Waals surface area contributed by atoms with Crippen molar-refractivity contribution in [2.45, 2.75) is 105 Å². The maximum absolute atomic E-state index is 13.7. The molecule has 6 aromatic carbocycles. The molecule has 3 saturated heterocycles. The molecule has 3 aliphatic rings. The van der Waals surface area contributed by atoms with Crippen molar-refractivity contribution in [3.8, 4) is 46.3 Å². The van der Waals surface area contributed by atoms with Crippen LogP contribution in [0.25, 0.3) is 0 Å². The number of nitrogens with zero attached hydrogens (tertiary/aromatic N) is 6. The number of ether oxygens (including phenoxy) is 9. The van der Waals surface area contributed by atoms with E-state index in [-0.39, 0.29) is 118 Å². The van der Waals surface area contributed by atoms with Crippen molar-refractivity contribution in [3.63, 3.8) is 0 Å². The summed E-state index contributed by atoms with van der Waals surface area (Å²) in [7, 11) is 6.88. The van der Waals surface area contributed by atoms with Crippen LogP contribution in [0.2, 0.25) is 19.6 Å². The van der Waals surface area contributed by atoms with E-state index in [1.165, 1.54) is 79.9 Å². The second-order valence-electron chi connectivity index (χ2n) is 26.1. The Hall–Kier alpha value is -6.31. The Morgan fingerprint density at radius 2 is 1.01 bits per heavy atom. The molecule has 43 heteroatoms. The number of hydrogen-bond acceptors (Lipinski definition) is 23. The van der Waals surface area contributed by atoms with Crippen LogP contribution in [0.5, 0.6) is 34.5 Å². The average molecular weight is 2100 g/mol. The van der Waals surface area contributed by atoms with Crippen molar-refractivity contribution < 1.29 is 145 Å². The van der Waals surface area contributed by atoms with Gasteiger partial charge in [0.2, 0.25) is 0 Å². The third-order valence-electron chi connectivity index (χ3n) is 15.5. The van der Waals surface area contributed by atoms with E-state index in [2.05, 4.69) is 92.8 Å². The molecule has 10 rings (SSSR count). The molecule has 0 atom stereocenters. The molecule has 682 valence electrons. The Morgan fingerprint density at radius 3 is 1.35 bits per heavy atom. The van der Waals surface area contributed by atoms with E-state index in [4.69, 9.17) is 83.0 Å². The summed E-state index contributed by atoms with van der Waals surface area (Å²) in [5, 5.41) is 37.0. The molecule has 0 aliphatic carbocycles. The molecule has 0 radical (unpaired) electrons. The number of aliphatic hydroxyl groups is 2. The third-order valence-corrected chi connectivity index (χ3v) is 17.9. The molecule has 3 fully saturated rings. The number of hydrogen-bond donors (Lipinski definition) is 5. The fraction of sp³-hybridized carbons (Fsp3) is 0.425. The molecular formula is C80H113AlBr4ClF6LiN7O19PS2Si+2. The maximum atomic E-state index is 13.7. The van der Waals surface area contributed by atoms with Crippen LogP contribution in [-0.2, 0) is 54.2 Å². The number of quaternary nitrogens is 2. The number of thioether (sulfide) groups is 1. The monoisotopic (exact) mass is 2100 g/mol. The molecule has 7 aromatic rings. The number of aryl methyl sites for hydroxylation is 6. The minimum atomic E-state index is -4.67. The van der Waals surface area contributed by atoms with Crippen molar-refractivity contribution in [3.05, 3.63) is 186 Å². The Balaban J connectivity index is -0.000000311. The molecule has 4 heterocycles. The number of alkyl halides is 2. The van der Waals surface area contributed by atoms with E-state index < -0.39 is 53.7 Å². The standard InChI is InChI=1S/C12H15FO3.C10H10FNO.C10H11FO3.C10H12O3.C9H10BrFO.C9H11FO2.C7H14ClFN2.C7H9N3OS.C4H9NSi.C2H6O.Al.Br3P.Li.H2O4S.4H/c1-4-16-11(14)7-9-5-8(2)6-10(15-3)12(9)13;1-7-5-8(3-4-12)10(11)9(6-7)13-2;1-6-4-7(10(12)14-3)9(11)8(5-6)13-2;1-7-4-8(10(11)13-3)6-9(5-7)12-2;1-6-3-7(5-10)9(11)8(4-6)12-2;1-6-3-7(5-11)9(10)8(4-6)12-2;8-7-10-1-4-11(9,5-2-10)6-3-10;1-8-6-5(4-11)3-9-7(10-6)12-2;1-6(2,3)4-5;1-2-3;;1-4(2)3;;1-5(2,3)4;;;;/h5-6H,4,7H2,1-3H3;5-6H,3H2,1-2H3;4-5H,1-3H3;4-6H,1-3H3;3-4H,5H2,1-2H3;3-4,11H,5H2,1-2H3;1-7H2;3-4H,1-2H3,(H,8,9,10);1-3H3;3H,2H2,1H3;;;;(H2,1,2,3,4);;;;/q;;;;;;+2;;;;;;+1;;;;;-1. The van der Waals surface area contributed by atoms with E-state index >= 15 is 0 Å². The number of rotatable bonds is 18. The number of methoxy groups -OCH3 is 8. The van der Waals surface area contributed by atoms with Crippen molar-refractivity contribution in [2.75, 3.05) is 134 Å². The minimum Gasteiger partial charge on any atom is -1.00 e. The Morgan fingerprint density at radius 1 is 0.642 bits per heavy atom. The van der Waals surface area contributed by atoms with Crippen molar-refractivity contribution >= 4 is 156 Å². The fourth-order valence-electron chi connectivity index (χ4n) is 9.78. The molecule has 123 heavy (non-hydrogen) atoms. The molecule has 1 aromatic heterocycles. The zero-order valence-electron chi connectivity index (χ0n) is 73.4. The molecule has 0 saturated carbocycles. The molecule has 5 N–H and O–H groups in total.